The highest BCUT2D eigenvalue weighted by Gasteiger charge is 2.00. The van der Waals surface area contributed by atoms with E-state index < -0.39 is 0 Å². The largest absolute Gasteiger partial charge is 0.382 e. The van der Waals surface area contributed by atoms with E-state index in [1.165, 1.54) is 0 Å². The summed E-state index contributed by atoms with van der Waals surface area (Å²) in [6.45, 7) is 0. The topological polar surface area (TPSA) is 43.3 Å². The van der Waals surface area contributed by atoms with Gasteiger partial charge in [-0.25, -0.2) is 4.98 Å². The molecule has 2 N–H and O–H groups in total. The number of hydrogen-bond acceptors (Lipinski definition) is 2. The van der Waals surface area contributed by atoms with Gasteiger partial charge in [0.25, 0.3) is 0 Å². The number of pyridine rings is 1. The zero-order valence-corrected chi connectivity index (χ0v) is 7.25. The zero-order chi connectivity index (χ0) is 7.84. The van der Waals surface area contributed by atoms with Gasteiger partial charge in [0.2, 0.25) is 0 Å². The molecule has 0 fully saturated rings. The molecule has 0 unspecified atom stereocenters. The number of hydrogen-bond donors (Lipinski definition) is 1. The average molecular weight is 212 g/mol. The first kappa shape index (κ1) is 6.67. The van der Waals surface area contributed by atoms with E-state index >= 15 is 0 Å². The highest BCUT2D eigenvalue weighted by atomic mass is 79.9. The van der Waals surface area contributed by atoms with Crippen LogP contribution in [0.5, 0.6) is 0 Å². The SMILES string of the molecule is Nc1ncn2c(Br)cccc12. The summed E-state index contributed by atoms with van der Waals surface area (Å²) < 4.78 is 2.84. The fraction of sp³-hybridized carbons (Fsp3) is 0. The quantitative estimate of drug-likeness (QED) is 0.675. The second kappa shape index (κ2) is 2.23. The van der Waals surface area contributed by atoms with Gasteiger partial charge in [0, 0.05) is 0 Å². The normalized spacial score (nSPS) is 10.6. The van der Waals surface area contributed by atoms with E-state index in [9.17, 15) is 0 Å². The Hall–Kier alpha value is -1.03. The minimum Gasteiger partial charge on any atom is -0.382 e. The van der Waals surface area contributed by atoms with Crippen LogP contribution in [-0.2, 0) is 0 Å². The van der Waals surface area contributed by atoms with Crippen molar-refractivity contribution in [2.45, 2.75) is 0 Å². The van der Waals surface area contributed by atoms with Crippen LogP contribution in [0.4, 0.5) is 5.82 Å². The van der Waals surface area contributed by atoms with Crippen LogP contribution in [0.2, 0.25) is 0 Å². The van der Waals surface area contributed by atoms with Gasteiger partial charge in [0.05, 0.1) is 10.1 Å². The lowest BCUT2D eigenvalue weighted by Crippen LogP contribution is -1.86. The molecule has 3 nitrogen and oxygen atoms in total. The Morgan fingerprint density at radius 1 is 1.45 bits per heavy atom. The summed E-state index contributed by atoms with van der Waals surface area (Å²) in [6.07, 6.45) is 1.69. The van der Waals surface area contributed by atoms with Crippen molar-refractivity contribution < 1.29 is 0 Å². The maximum atomic E-state index is 5.59. The lowest BCUT2D eigenvalue weighted by molar-refractivity contribution is 1.12. The van der Waals surface area contributed by atoms with Crippen LogP contribution in [0.1, 0.15) is 0 Å². The van der Waals surface area contributed by atoms with Gasteiger partial charge in [-0.05, 0) is 28.1 Å². The third-order valence-corrected chi connectivity index (χ3v) is 2.20. The molecule has 2 aromatic heterocycles. The maximum Gasteiger partial charge on any atom is 0.149 e. The van der Waals surface area contributed by atoms with Crippen molar-refractivity contribution in [2.75, 3.05) is 5.73 Å². The molecule has 0 saturated heterocycles. The number of anilines is 1. The van der Waals surface area contributed by atoms with Crippen molar-refractivity contribution in [2.24, 2.45) is 0 Å². The minimum absolute atomic E-state index is 0.561. The lowest BCUT2D eigenvalue weighted by Gasteiger charge is -1.95. The molecule has 0 atom stereocenters. The van der Waals surface area contributed by atoms with Crippen LogP contribution in [0, 0.1) is 0 Å². The monoisotopic (exact) mass is 211 g/mol. The molecule has 0 aliphatic rings. The first-order valence-electron chi connectivity index (χ1n) is 3.16. The number of fused-ring (bicyclic) bond motifs is 1. The van der Waals surface area contributed by atoms with Crippen molar-refractivity contribution in [1.29, 1.82) is 0 Å². The Labute approximate surface area is 72.0 Å². The Balaban J connectivity index is 2.94. The summed E-state index contributed by atoms with van der Waals surface area (Å²) in [5, 5.41) is 0. The van der Waals surface area contributed by atoms with Gasteiger partial charge in [-0.3, -0.25) is 4.40 Å². The number of halogens is 1. The molecule has 0 radical (unpaired) electrons. The van der Waals surface area contributed by atoms with E-state index in [-0.39, 0.29) is 0 Å². The number of aromatic nitrogens is 2. The third-order valence-electron chi connectivity index (χ3n) is 1.55. The smallest absolute Gasteiger partial charge is 0.149 e. The molecule has 4 heteroatoms. The summed E-state index contributed by atoms with van der Waals surface area (Å²) in [5.74, 6) is 0.561. The Morgan fingerprint density at radius 3 is 3.00 bits per heavy atom. The zero-order valence-electron chi connectivity index (χ0n) is 5.66. The Kier molecular flexibility index (Phi) is 1.35. The van der Waals surface area contributed by atoms with E-state index in [2.05, 4.69) is 20.9 Å². The fourth-order valence-corrected chi connectivity index (χ4v) is 1.44. The highest BCUT2D eigenvalue weighted by Crippen LogP contribution is 2.16. The average Bonchev–Trinajstić information content (AvgIpc) is 2.35. The van der Waals surface area contributed by atoms with Crippen molar-refractivity contribution in [3.63, 3.8) is 0 Å². The molecule has 2 rings (SSSR count). The van der Waals surface area contributed by atoms with Crippen molar-refractivity contribution >= 4 is 27.3 Å². The first-order valence-corrected chi connectivity index (χ1v) is 3.95. The maximum absolute atomic E-state index is 5.59. The number of nitrogens with zero attached hydrogens (tertiary/aromatic N) is 2. The molecule has 11 heavy (non-hydrogen) atoms. The van der Waals surface area contributed by atoms with Gasteiger partial charge in [-0.1, -0.05) is 6.07 Å². The number of imidazole rings is 1. The van der Waals surface area contributed by atoms with E-state index in [0.717, 1.165) is 10.1 Å². The minimum atomic E-state index is 0.561. The molecule has 0 aliphatic carbocycles. The predicted octanol–water partition coefficient (Wildman–Crippen LogP) is 1.68. The van der Waals surface area contributed by atoms with Crippen LogP contribution < -0.4 is 5.73 Å². The second-order valence-corrected chi connectivity index (χ2v) is 3.05. The summed E-state index contributed by atoms with van der Waals surface area (Å²) in [7, 11) is 0. The van der Waals surface area contributed by atoms with Gasteiger partial charge in [0.1, 0.15) is 12.1 Å². The summed E-state index contributed by atoms with van der Waals surface area (Å²) in [5.41, 5.74) is 6.52. The molecular formula is C7H6BrN3. The standard InChI is InChI=1S/C7H6BrN3/c8-6-3-1-2-5-7(9)10-4-11(5)6/h1-4H,9H2. The lowest BCUT2D eigenvalue weighted by atomic mass is 10.4. The van der Waals surface area contributed by atoms with E-state index in [4.69, 9.17) is 5.73 Å². The van der Waals surface area contributed by atoms with Gasteiger partial charge in [0.15, 0.2) is 0 Å². The highest BCUT2D eigenvalue weighted by molar-refractivity contribution is 9.10. The van der Waals surface area contributed by atoms with Crippen LogP contribution in [0.3, 0.4) is 0 Å². The first-order chi connectivity index (χ1) is 5.29. The summed E-state index contributed by atoms with van der Waals surface area (Å²) in [6, 6.07) is 5.79. The Bertz CT molecular complexity index is 393. The number of rotatable bonds is 0. The van der Waals surface area contributed by atoms with Crippen LogP contribution in [0.25, 0.3) is 5.52 Å². The second-order valence-electron chi connectivity index (χ2n) is 2.23. The molecular weight excluding hydrogens is 206 g/mol. The molecule has 2 heterocycles. The van der Waals surface area contributed by atoms with Crippen LogP contribution in [0.15, 0.2) is 29.1 Å². The van der Waals surface area contributed by atoms with Gasteiger partial charge in [-0.15, -0.1) is 0 Å². The van der Waals surface area contributed by atoms with E-state index in [1.54, 1.807) is 6.33 Å². The Morgan fingerprint density at radius 2 is 2.27 bits per heavy atom. The molecule has 0 spiro atoms. The molecule has 0 amide bonds. The van der Waals surface area contributed by atoms with Gasteiger partial charge < -0.3 is 5.73 Å². The van der Waals surface area contributed by atoms with Crippen molar-refractivity contribution in [1.82, 2.24) is 9.38 Å². The number of nitrogen functional groups attached to an aromatic ring is 1. The molecule has 0 aromatic carbocycles. The van der Waals surface area contributed by atoms with Crippen molar-refractivity contribution in [3.8, 4) is 0 Å². The molecule has 56 valence electrons. The van der Waals surface area contributed by atoms with Gasteiger partial charge >= 0.3 is 0 Å². The molecule has 0 aliphatic heterocycles. The fourth-order valence-electron chi connectivity index (χ4n) is 1.01. The summed E-state index contributed by atoms with van der Waals surface area (Å²) in [4.78, 5) is 3.97. The van der Waals surface area contributed by atoms with Crippen LogP contribution >= 0.6 is 15.9 Å². The predicted molar refractivity (Wildman–Crippen MR) is 47.3 cm³/mol. The molecule has 0 bridgehead atoms. The van der Waals surface area contributed by atoms with Crippen LogP contribution in [-0.4, -0.2) is 9.38 Å². The van der Waals surface area contributed by atoms with E-state index in [0.29, 0.717) is 5.82 Å². The molecule has 2 aromatic rings. The van der Waals surface area contributed by atoms with Gasteiger partial charge in [-0.2, -0.15) is 0 Å². The molecule has 0 saturated carbocycles. The summed E-state index contributed by atoms with van der Waals surface area (Å²) >= 11 is 3.38. The number of nitrogens with two attached hydrogens (primary N) is 1. The third kappa shape index (κ3) is 0.903. The van der Waals surface area contributed by atoms with Crippen molar-refractivity contribution in [3.05, 3.63) is 29.1 Å². The van der Waals surface area contributed by atoms with E-state index in [1.807, 2.05) is 22.6 Å².